The minimum atomic E-state index is 0.982. The molecule has 0 spiro atoms. The number of benzene rings is 10. The van der Waals surface area contributed by atoms with Gasteiger partial charge in [0.15, 0.2) is 0 Å². The van der Waals surface area contributed by atoms with E-state index >= 15 is 0 Å². The molecular weight excluding hydrogens is 795 g/mol. The van der Waals surface area contributed by atoms with Crippen molar-refractivity contribution < 1.29 is 0 Å². The van der Waals surface area contributed by atoms with Crippen LogP contribution in [0.2, 0.25) is 0 Å². The molecule has 11 rings (SSSR count). The van der Waals surface area contributed by atoms with Gasteiger partial charge in [0.25, 0.3) is 0 Å². The monoisotopic (exact) mass is 839 g/mol. The summed E-state index contributed by atoms with van der Waals surface area (Å²) in [6.07, 6.45) is 1.84. The minimum Gasteiger partial charge on any atom is -0.256 e. The van der Waals surface area contributed by atoms with Gasteiger partial charge in [0.1, 0.15) is 0 Å². The third-order valence-corrected chi connectivity index (χ3v) is 12.5. The van der Waals surface area contributed by atoms with E-state index < -0.39 is 0 Å². The number of aromatic nitrogens is 1. The van der Waals surface area contributed by atoms with E-state index in [1.807, 2.05) is 18.3 Å². The lowest BCUT2D eigenvalue weighted by atomic mass is 9.93. The summed E-state index contributed by atoms with van der Waals surface area (Å²) in [5.74, 6) is 0. The highest BCUT2D eigenvalue weighted by Gasteiger charge is 2.10. The fourth-order valence-electron chi connectivity index (χ4n) is 9.00. The molecule has 1 heterocycles. The van der Waals surface area contributed by atoms with Crippen LogP contribution in [-0.4, -0.2) is 4.98 Å². The fourth-order valence-corrected chi connectivity index (χ4v) is 9.00. The van der Waals surface area contributed by atoms with Gasteiger partial charge >= 0.3 is 0 Å². The molecule has 0 amide bonds. The Kier molecular flexibility index (Phi) is 11.1. The van der Waals surface area contributed by atoms with Gasteiger partial charge < -0.3 is 0 Å². The molecule has 0 saturated carbocycles. The Morgan fingerprint density at radius 2 is 0.364 bits per heavy atom. The Morgan fingerprint density at radius 1 is 0.152 bits per heavy atom. The maximum Gasteiger partial charge on any atom is 0.0702 e. The van der Waals surface area contributed by atoms with Crippen molar-refractivity contribution in [2.75, 3.05) is 0 Å². The van der Waals surface area contributed by atoms with Gasteiger partial charge in [-0.15, -0.1) is 0 Å². The highest BCUT2D eigenvalue weighted by Crippen LogP contribution is 2.36. The maximum atomic E-state index is 4.54. The Hall–Kier alpha value is -8.65. The number of nitrogens with zero attached hydrogens (tertiary/aromatic N) is 1. The first-order valence-electron chi connectivity index (χ1n) is 22.6. The molecule has 1 nitrogen and oxygen atoms in total. The van der Waals surface area contributed by atoms with Crippen molar-refractivity contribution in [3.63, 3.8) is 0 Å². The van der Waals surface area contributed by atoms with Gasteiger partial charge in [0, 0.05) is 11.8 Å². The van der Waals surface area contributed by atoms with Crippen molar-refractivity contribution in [2.24, 2.45) is 0 Å². The fraction of sp³-hybridized carbons (Fsp3) is 0. The van der Waals surface area contributed by atoms with E-state index in [2.05, 4.69) is 260 Å². The first kappa shape index (κ1) is 40.1. The van der Waals surface area contributed by atoms with Gasteiger partial charge in [-0.1, -0.05) is 212 Å². The second-order valence-electron chi connectivity index (χ2n) is 16.8. The molecule has 0 fully saturated rings. The molecule has 0 aliphatic carbocycles. The summed E-state index contributed by atoms with van der Waals surface area (Å²) < 4.78 is 0. The molecule has 1 aromatic heterocycles. The maximum absolute atomic E-state index is 4.54. The van der Waals surface area contributed by atoms with Crippen LogP contribution in [-0.2, 0) is 0 Å². The summed E-state index contributed by atoms with van der Waals surface area (Å²) in [6, 6.07) is 96.3. The van der Waals surface area contributed by atoms with E-state index in [9.17, 15) is 0 Å². The summed E-state index contributed by atoms with van der Waals surface area (Å²) >= 11 is 0. The van der Waals surface area contributed by atoms with Crippen molar-refractivity contribution >= 4 is 0 Å². The third-order valence-electron chi connectivity index (χ3n) is 12.5. The standard InChI is InChI=1S/C65H45N/c1-2-13-46(14-3-1)51-15-6-18-54(39-51)56-20-8-22-58(41-56)60-24-10-26-62(43-60)63-27-11-25-61(44-63)59-23-9-21-57(42-59)55-19-7-16-52(40-55)49-34-30-47(31-35-49)48-32-36-50(37-33-48)53-17-12-28-64(45-53)65-29-4-5-38-66-65/h1-45H. The zero-order valence-corrected chi connectivity index (χ0v) is 36.4. The van der Waals surface area contributed by atoms with Gasteiger partial charge in [-0.3, -0.25) is 4.98 Å². The van der Waals surface area contributed by atoms with Crippen LogP contribution >= 0.6 is 0 Å². The van der Waals surface area contributed by atoms with Gasteiger partial charge in [0.05, 0.1) is 5.69 Å². The molecule has 0 saturated heterocycles. The zero-order valence-electron chi connectivity index (χ0n) is 36.4. The lowest BCUT2D eigenvalue weighted by Crippen LogP contribution is -1.86. The number of hydrogen-bond donors (Lipinski definition) is 0. The lowest BCUT2D eigenvalue weighted by molar-refractivity contribution is 1.33. The second kappa shape index (κ2) is 18.2. The van der Waals surface area contributed by atoms with Crippen molar-refractivity contribution in [3.05, 3.63) is 273 Å². The van der Waals surface area contributed by atoms with Crippen LogP contribution < -0.4 is 0 Å². The topological polar surface area (TPSA) is 12.9 Å². The van der Waals surface area contributed by atoms with Crippen LogP contribution in [0.25, 0.3) is 111 Å². The molecule has 0 radical (unpaired) electrons. The molecule has 0 unspecified atom stereocenters. The quantitative estimate of drug-likeness (QED) is 0.134. The molecule has 0 aliphatic heterocycles. The Labute approximate surface area is 387 Å². The van der Waals surface area contributed by atoms with E-state index in [4.69, 9.17) is 0 Å². The first-order chi connectivity index (χ1) is 32.7. The van der Waals surface area contributed by atoms with Crippen LogP contribution in [0.1, 0.15) is 0 Å². The zero-order chi connectivity index (χ0) is 44.1. The van der Waals surface area contributed by atoms with Crippen molar-refractivity contribution in [1.29, 1.82) is 0 Å². The van der Waals surface area contributed by atoms with Gasteiger partial charge in [-0.25, -0.2) is 0 Å². The highest BCUT2D eigenvalue weighted by atomic mass is 14.7. The summed E-state index contributed by atoms with van der Waals surface area (Å²) in [4.78, 5) is 4.54. The summed E-state index contributed by atoms with van der Waals surface area (Å²) in [7, 11) is 0. The van der Waals surface area contributed by atoms with E-state index in [0.717, 1.165) is 11.3 Å². The van der Waals surface area contributed by atoms with Crippen molar-refractivity contribution in [1.82, 2.24) is 4.98 Å². The van der Waals surface area contributed by atoms with Crippen molar-refractivity contribution in [3.8, 4) is 111 Å². The molecule has 0 aliphatic rings. The van der Waals surface area contributed by atoms with E-state index in [0.29, 0.717) is 0 Å². The average Bonchev–Trinajstić information content (AvgIpc) is 3.42. The number of rotatable bonds is 10. The van der Waals surface area contributed by atoms with Crippen LogP contribution in [0.4, 0.5) is 0 Å². The summed E-state index contributed by atoms with van der Waals surface area (Å²) in [5.41, 5.74) is 23.7. The molecule has 0 atom stereocenters. The smallest absolute Gasteiger partial charge is 0.0702 e. The van der Waals surface area contributed by atoms with Crippen LogP contribution in [0.5, 0.6) is 0 Å². The third kappa shape index (κ3) is 8.67. The molecule has 11 aromatic rings. The molecule has 0 bridgehead atoms. The lowest BCUT2D eigenvalue weighted by Gasteiger charge is -2.12. The number of hydrogen-bond acceptors (Lipinski definition) is 1. The van der Waals surface area contributed by atoms with E-state index in [-0.39, 0.29) is 0 Å². The summed E-state index contributed by atoms with van der Waals surface area (Å²) in [6.45, 7) is 0. The Bertz CT molecular complexity index is 3440. The van der Waals surface area contributed by atoms with Gasteiger partial charge in [-0.2, -0.15) is 0 Å². The van der Waals surface area contributed by atoms with E-state index in [1.165, 1.54) is 100 Å². The molecular formula is C65H45N. The number of pyridine rings is 1. The molecule has 10 aromatic carbocycles. The Morgan fingerprint density at radius 3 is 0.652 bits per heavy atom. The minimum absolute atomic E-state index is 0.982. The molecule has 0 N–H and O–H groups in total. The van der Waals surface area contributed by atoms with Gasteiger partial charge in [-0.05, 0) is 155 Å². The van der Waals surface area contributed by atoms with Crippen LogP contribution in [0, 0.1) is 0 Å². The van der Waals surface area contributed by atoms with E-state index in [1.54, 1.807) is 0 Å². The highest BCUT2D eigenvalue weighted by molar-refractivity contribution is 5.83. The van der Waals surface area contributed by atoms with Gasteiger partial charge in [0.2, 0.25) is 0 Å². The summed E-state index contributed by atoms with van der Waals surface area (Å²) in [5, 5.41) is 0. The van der Waals surface area contributed by atoms with Crippen LogP contribution in [0.3, 0.4) is 0 Å². The molecule has 310 valence electrons. The predicted octanol–water partition coefficient (Wildman–Crippen LogP) is 17.8. The largest absolute Gasteiger partial charge is 0.256 e. The normalized spacial score (nSPS) is 11.0. The van der Waals surface area contributed by atoms with Crippen LogP contribution in [0.15, 0.2) is 273 Å². The first-order valence-corrected chi connectivity index (χ1v) is 22.6. The molecule has 1 heteroatoms. The SMILES string of the molecule is c1ccc(-c2cccc(-c3cccc(-c4cccc(-c5cccc(-c6cccc(-c7cccc(-c8ccc(-c9ccc(-c%10cccc(-c%11ccccn%11)c%10)cc9)cc8)c7)c6)c5)c4)c3)c2)cc1. The predicted molar refractivity (Wildman–Crippen MR) is 279 cm³/mol. The second-order valence-corrected chi connectivity index (χ2v) is 16.8. The molecule has 66 heavy (non-hydrogen) atoms. The Balaban J connectivity index is 0.800. The van der Waals surface area contributed by atoms with Crippen molar-refractivity contribution in [2.45, 2.75) is 0 Å². The average molecular weight is 840 g/mol.